The van der Waals surface area contributed by atoms with Gasteiger partial charge in [0.1, 0.15) is 5.75 Å². The number of hydrogen-bond donors (Lipinski definition) is 0. The molecule has 3 aromatic carbocycles. The summed E-state index contributed by atoms with van der Waals surface area (Å²) in [5.74, 6) is -1.08. The van der Waals surface area contributed by atoms with Crippen molar-refractivity contribution in [1.29, 1.82) is 0 Å². The van der Waals surface area contributed by atoms with E-state index in [1.54, 1.807) is 48.5 Å². The number of esters is 1. The van der Waals surface area contributed by atoms with Gasteiger partial charge in [0.15, 0.2) is 0 Å². The Hall–Kier alpha value is -3.93. The number of nitrogens with zero attached hydrogens (tertiary/aromatic N) is 1. The molecule has 2 amide bonds. The first-order chi connectivity index (χ1) is 14.5. The van der Waals surface area contributed by atoms with E-state index in [2.05, 4.69) is 6.58 Å². The fraction of sp³-hybridized carbons (Fsp3) is 0.125. The van der Waals surface area contributed by atoms with Gasteiger partial charge in [0.25, 0.3) is 11.8 Å². The van der Waals surface area contributed by atoms with Crippen molar-refractivity contribution in [3.8, 4) is 5.75 Å². The molecule has 1 aliphatic heterocycles. The highest BCUT2D eigenvalue weighted by molar-refractivity contribution is 6.26. The summed E-state index contributed by atoms with van der Waals surface area (Å²) in [6, 6.07) is 16.4. The molecule has 1 aliphatic rings. The summed E-state index contributed by atoms with van der Waals surface area (Å²) in [4.78, 5) is 40.3. The first kappa shape index (κ1) is 19.4. The number of rotatable bonds is 5. The van der Waals surface area contributed by atoms with Gasteiger partial charge in [-0.25, -0.2) is 4.79 Å². The number of benzene rings is 3. The van der Waals surface area contributed by atoms with Crippen molar-refractivity contribution in [1.82, 2.24) is 4.90 Å². The third-order valence-corrected chi connectivity index (χ3v) is 5.27. The van der Waals surface area contributed by atoms with Gasteiger partial charge in [0.2, 0.25) is 0 Å². The molecular formula is C24H19NO5. The second-order valence-electron chi connectivity index (χ2n) is 6.88. The van der Waals surface area contributed by atoms with Gasteiger partial charge < -0.3 is 9.47 Å². The van der Waals surface area contributed by atoms with E-state index >= 15 is 0 Å². The highest BCUT2D eigenvalue weighted by Crippen LogP contribution is 2.38. The first-order valence-electron chi connectivity index (χ1n) is 9.28. The number of ether oxygens (including phenoxy) is 2. The van der Waals surface area contributed by atoms with Gasteiger partial charge in [-0.2, -0.15) is 0 Å². The summed E-state index contributed by atoms with van der Waals surface area (Å²) >= 11 is 0. The minimum absolute atomic E-state index is 0.0177. The molecule has 1 atom stereocenters. The zero-order valence-electron chi connectivity index (χ0n) is 16.5. The van der Waals surface area contributed by atoms with E-state index < -0.39 is 23.8 Å². The van der Waals surface area contributed by atoms with Crippen LogP contribution in [0.1, 0.15) is 32.3 Å². The Bertz CT molecular complexity index is 1150. The Labute approximate surface area is 173 Å². The van der Waals surface area contributed by atoms with Crippen LogP contribution in [0.2, 0.25) is 0 Å². The lowest BCUT2D eigenvalue weighted by Gasteiger charge is -2.34. The van der Waals surface area contributed by atoms with Gasteiger partial charge in [0.05, 0.1) is 25.8 Å². The van der Waals surface area contributed by atoms with Crippen molar-refractivity contribution in [2.24, 2.45) is 0 Å². The minimum Gasteiger partial charge on any atom is -0.497 e. The molecule has 0 spiro atoms. The second-order valence-corrected chi connectivity index (χ2v) is 6.88. The molecule has 0 saturated heterocycles. The van der Waals surface area contributed by atoms with Crippen LogP contribution in [0.25, 0.3) is 10.8 Å². The average molecular weight is 401 g/mol. The maximum absolute atomic E-state index is 13.5. The predicted molar refractivity (Wildman–Crippen MR) is 111 cm³/mol. The number of carbonyl (C=O) groups is 3. The smallest absolute Gasteiger partial charge is 0.335 e. The van der Waals surface area contributed by atoms with Gasteiger partial charge >= 0.3 is 5.97 Å². The fourth-order valence-electron chi connectivity index (χ4n) is 3.82. The molecule has 0 radical (unpaired) electrons. The van der Waals surface area contributed by atoms with Crippen molar-refractivity contribution in [2.45, 2.75) is 6.04 Å². The molecule has 0 fully saturated rings. The van der Waals surface area contributed by atoms with E-state index in [9.17, 15) is 14.4 Å². The molecule has 0 bridgehead atoms. The fourth-order valence-corrected chi connectivity index (χ4v) is 3.82. The Morgan fingerprint density at radius 2 is 1.47 bits per heavy atom. The number of imide groups is 1. The Morgan fingerprint density at radius 3 is 1.97 bits per heavy atom. The zero-order chi connectivity index (χ0) is 21.4. The molecule has 0 aromatic heterocycles. The summed E-state index contributed by atoms with van der Waals surface area (Å²) in [5, 5.41) is 1.42. The highest BCUT2D eigenvalue weighted by atomic mass is 16.5. The molecule has 0 N–H and O–H groups in total. The summed E-state index contributed by atoms with van der Waals surface area (Å²) in [6.45, 7) is 3.84. The Balaban J connectivity index is 1.90. The SMILES string of the molecule is C=C(C(=O)OC)[C@H](c1ccc(OC)cc1)N1C(=O)c2cccc3cccc(c23)C1=O. The molecule has 4 rings (SSSR count). The van der Waals surface area contributed by atoms with Crippen molar-refractivity contribution < 1.29 is 23.9 Å². The molecule has 150 valence electrons. The lowest BCUT2D eigenvalue weighted by Crippen LogP contribution is -2.44. The van der Waals surface area contributed by atoms with Crippen LogP contribution in [0.15, 0.2) is 72.8 Å². The van der Waals surface area contributed by atoms with Gasteiger partial charge in [0, 0.05) is 16.5 Å². The van der Waals surface area contributed by atoms with Gasteiger partial charge in [-0.1, -0.05) is 43.0 Å². The lowest BCUT2D eigenvalue weighted by molar-refractivity contribution is -0.136. The average Bonchev–Trinajstić information content (AvgIpc) is 2.79. The van der Waals surface area contributed by atoms with Crippen LogP contribution < -0.4 is 4.74 Å². The van der Waals surface area contributed by atoms with Crippen molar-refractivity contribution >= 4 is 28.6 Å². The quantitative estimate of drug-likeness (QED) is 0.368. The zero-order valence-corrected chi connectivity index (χ0v) is 16.5. The van der Waals surface area contributed by atoms with Gasteiger partial charge in [-0.05, 0) is 35.2 Å². The van der Waals surface area contributed by atoms with Crippen LogP contribution in [-0.4, -0.2) is 36.9 Å². The summed E-state index contributed by atoms with van der Waals surface area (Å²) < 4.78 is 10.0. The maximum Gasteiger partial charge on any atom is 0.335 e. The summed E-state index contributed by atoms with van der Waals surface area (Å²) in [6.07, 6.45) is 0. The molecule has 0 saturated carbocycles. The first-order valence-corrected chi connectivity index (χ1v) is 9.28. The van der Waals surface area contributed by atoms with Crippen LogP contribution in [0, 0.1) is 0 Å². The largest absolute Gasteiger partial charge is 0.497 e. The minimum atomic E-state index is -1.02. The molecular weight excluding hydrogens is 382 g/mol. The standard InChI is InChI=1S/C24H19NO5/c1-14(24(28)30-3)21(16-10-12-17(29-2)13-11-16)25-22(26)18-8-4-6-15-7-5-9-19(20(15)18)23(25)27/h4-13,21H,1H2,2-3H3/t21-/m1/s1. The second kappa shape index (κ2) is 7.48. The summed E-state index contributed by atoms with van der Waals surface area (Å²) in [5.41, 5.74) is 1.33. The topological polar surface area (TPSA) is 72.9 Å². The number of hydrogen-bond acceptors (Lipinski definition) is 5. The molecule has 0 aliphatic carbocycles. The monoisotopic (exact) mass is 401 g/mol. The van der Waals surface area contributed by atoms with Gasteiger partial charge in [-0.3, -0.25) is 14.5 Å². The molecule has 3 aromatic rings. The third-order valence-electron chi connectivity index (χ3n) is 5.27. The molecule has 1 heterocycles. The van der Waals surface area contributed by atoms with E-state index in [0.29, 0.717) is 27.8 Å². The lowest BCUT2D eigenvalue weighted by atomic mass is 9.90. The predicted octanol–water partition coefficient (Wildman–Crippen LogP) is 3.91. The van der Waals surface area contributed by atoms with Crippen LogP contribution >= 0.6 is 0 Å². The maximum atomic E-state index is 13.5. The van der Waals surface area contributed by atoms with Gasteiger partial charge in [-0.15, -0.1) is 0 Å². The van der Waals surface area contributed by atoms with Crippen LogP contribution in [0.5, 0.6) is 5.75 Å². The van der Waals surface area contributed by atoms with E-state index in [-0.39, 0.29) is 5.57 Å². The Kier molecular flexibility index (Phi) is 4.83. The molecule has 0 unspecified atom stereocenters. The van der Waals surface area contributed by atoms with E-state index in [0.717, 1.165) is 10.3 Å². The van der Waals surface area contributed by atoms with E-state index in [4.69, 9.17) is 9.47 Å². The normalized spacial score (nSPS) is 13.9. The Morgan fingerprint density at radius 1 is 0.900 bits per heavy atom. The number of methoxy groups -OCH3 is 2. The summed E-state index contributed by atoms with van der Waals surface area (Å²) in [7, 11) is 2.77. The van der Waals surface area contributed by atoms with Crippen molar-refractivity contribution in [2.75, 3.05) is 14.2 Å². The van der Waals surface area contributed by atoms with Crippen LogP contribution in [0.3, 0.4) is 0 Å². The third kappa shape index (κ3) is 2.93. The number of amides is 2. The van der Waals surface area contributed by atoms with Crippen molar-refractivity contribution in [3.05, 3.63) is 89.5 Å². The van der Waals surface area contributed by atoms with Crippen molar-refractivity contribution in [3.63, 3.8) is 0 Å². The van der Waals surface area contributed by atoms with E-state index in [1.165, 1.54) is 14.2 Å². The molecule has 6 nitrogen and oxygen atoms in total. The molecule has 30 heavy (non-hydrogen) atoms. The number of carbonyl (C=O) groups excluding carboxylic acids is 3. The van der Waals surface area contributed by atoms with E-state index in [1.807, 2.05) is 12.1 Å². The molecule has 6 heteroatoms. The van der Waals surface area contributed by atoms with Crippen LogP contribution in [0.4, 0.5) is 0 Å². The van der Waals surface area contributed by atoms with Crippen LogP contribution in [-0.2, 0) is 9.53 Å². The highest BCUT2D eigenvalue weighted by Gasteiger charge is 2.40.